The quantitative estimate of drug-likeness (QED) is 0.176. The average molecular weight is 447 g/mol. The van der Waals surface area contributed by atoms with E-state index < -0.39 is 0 Å². The van der Waals surface area contributed by atoms with Crippen LogP contribution in [0.25, 0.3) is 10.9 Å². The van der Waals surface area contributed by atoms with Crippen molar-refractivity contribution in [1.82, 2.24) is 14.9 Å². The van der Waals surface area contributed by atoms with E-state index in [1.807, 2.05) is 24.3 Å². The zero-order valence-electron chi connectivity index (χ0n) is 19.1. The molecule has 1 aliphatic rings. The number of hydrazone groups is 1. The second-order valence-corrected chi connectivity index (χ2v) is 8.81. The molecule has 2 aromatic carbocycles. The number of para-hydroxylation sites is 1. The molecule has 2 heterocycles. The minimum Gasteiger partial charge on any atom is -0.368 e. The molecule has 1 aromatic heterocycles. The van der Waals surface area contributed by atoms with Crippen LogP contribution in [0.4, 0.5) is 5.69 Å². The number of nitrogens with zero attached hydrogens (tertiary/aromatic N) is 5. The molecule has 0 radical (unpaired) electrons. The van der Waals surface area contributed by atoms with E-state index in [0.717, 1.165) is 43.9 Å². The summed E-state index contributed by atoms with van der Waals surface area (Å²) < 4.78 is 0. The van der Waals surface area contributed by atoms with Crippen molar-refractivity contribution in [1.29, 1.82) is 5.53 Å². The van der Waals surface area contributed by atoms with Gasteiger partial charge in [0.05, 0.1) is 17.4 Å². The number of nitrogens with one attached hydrogen (secondary N) is 2. The van der Waals surface area contributed by atoms with Gasteiger partial charge in [0.2, 0.25) is 5.84 Å². The lowest BCUT2D eigenvalue weighted by Crippen LogP contribution is -2.46. The van der Waals surface area contributed by atoms with E-state index in [4.69, 9.17) is 11.4 Å². The third kappa shape index (κ3) is 5.09. The van der Waals surface area contributed by atoms with Gasteiger partial charge in [-0.3, -0.25) is 9.69 Å². The van der Waals surface area contributed by atoms with Gasteiger partial charge < -0.3 is 15.7 Å². The van der Waals surface area contributed by atoms with Gasteiger partial charge in [0.15, 0.2) is 0 Å². The van der Waals surface area contributed by atoms with Crippen LogP contribution >= 0.6 is 0 Å². The lowest BCUT2D eigenvalue weighted by atomic mass is 9.99. The highest BCUT2D eigenvalue weighted by atomic mass is 16.1. The Balaban J connectivity index is 1.51. The third-order valence-electron chi connectivity index (χ3n) is 5.92. The molecular weight excluding hydrogens is 416 g/mol. The Morgan fingerprint density at radius 3 is 2.64 bits per heavy atom. The van der Waals surface area contributed by atoms with Gasteiger partial charge in [-0.05, 0) is 42.2 Å². The van der Waals surface area contributed by atoms with Crippen LogP contribution in [0.3, 0.4) is 0 Å². The van der Waals surface area contributed by atoms with E-state index in [-0.39, 0.29) is 11.4 Å². The van der Waals surface area contributed by atoms with Crippen LogP contribution in [-0.2, 0) is 13.0 Å². The fourth-order valence-electron chi connectivity index (χ4n) is 4.35. The third-order valence-corrected chi connectivity index (χ3v) is 5.92. The van der Waals surface area contributed by atoms with Crippen LogP contribution in [0.1, 0.15) is 30.8 Å². The second kappa shape index (κ2) is 9.91. The highest BCUT2D eigenvalue weighted by Crippen LogP contribution is 2.26. The molecule has 1 aliphatic heterocycles. The van der Waals surface area contributed by atoms with Crippen LogP contribution in [0, 0.1) is 11.4 Å². The van der Waals surface area contributed by atoms with E-state index >= 15 is 0 Å². The summed E-state index contributed by atoms with van der Waals surface area (Å²) in [6.45, 7) is 8.21. The zero-order valence-corrected chi connectivity index (χ0v) is 19.1. The van der Waals surface area contributed by atoms with Gasteiger partial charge in [-0.25, -0.2) is 10.5 Å². The van der Waals surface area contributed by atoms with Crippen molar-refractivity contribution in [2.75, 3.05) is 31.1 Å². The van der Waals surface area contributed by atoms with Crippen molar-refractivity contribution in [3.05, 3.63) is 69.8 Å². The Labute approximate surface area is 192 Å². The number of aromatic amines is 1. The standard InChI is InChI=1S/C24H30N8O/c1-16(2)13-17-7-8-19(23(29-25)30-26)21(14-17)32-11-9-31(10-12-32)15-22-27-20-6-4-3-5-18(20)24(33)28-22/h3-8,14,16,25H,9-13,15,26H2,1-2H3,(H,27,28,33). The number of piperazine rings is 1. The molecule has 1 saturated heterocycles. The highest BCUT2D eigenvalue weighted by molar-refractivity contribution is 6.03. The Bertz CT molecular complexity index is 1220. The number of hydrogen-bond donors (Lipinski definition) is 3. The van der Waals surface area contributed by atoms with Crippen molar-refractivity contribution in [2.45, 2.75) is 26.8 Å². The van der Waals surface area contributed by atoms with Crippen LogP contribution in [0.2, 0.25) is 0 Å². The summed E-state index contributed by atoms with van der Waals surface area (Å²) in [6.07, 6.45) is 0.974. The second-order valence-electron chi connectivity index (χ2n) is 8.81. The van der Waals surface area contributed by atoms with Crippen LogP contribution < -0.4 is 16.3 Å². The maximum absolute atomic E-state index is 12.4. The first kappa shape index (κ1) is 22.6. The van der Waals surface area contributed by atoms with Crippen LogP contribution in [0.15, 0.2) is 57.5 Å². The predicted molar refractivity (Wildman–Crippen MR) is 131 cm³/mol. The lowest BCUT2D eigenvalue weighted by molar-refractivity contribution is 0.244. The van der Waals surface area contributed by atoms with Crippen LogP contribution in [0.5, 0.6) is 0 Å². The Hall–Kier alpha value is -3.59. The van der Waals surface area contributed by atoms with Gasteiger partial charge in [0, 0.05) is 37.4 Å². The molecule has 1 fully saturated rings. The lowest BCUT2D eigenvalue weighted by Gasteiger charge is -2.36. The summed E-state index contributed by atoms with van der Waals surface area (Å²) in [6, 6.07) is 13.6. The number of nitrogens with two attached hydrogens (primary N) is 1. The molecule has 0 saturated carbocycles. The number of fused-ring (bicyclic) bond motifs is 1. The molecule has 9 heteroatoms. The summed E-state index contributed by atoms with van der Waals surface area (Å²) in [4.78, 5) is 24.5. The summed E-state index contributed by atoms with van der Waals surface area (Å²) in [5, 5.41) is 7.84. The molecule has 172 valence electrons. The average Bonchev–Trinajstić information content (AvgIpc) is 2.81. The monoisotopic (exact) mass is 446 g/mol. The maximum Gasteiger partial charge on any atom is 0.258 e. The molecular formula is C24H30N8O. The molecule has 0 amide bonds. The molecule has 0 atom stereocenters. The van der Waals surface area contributed by atoms with Crippen molar-refractivity contribution in [2.24, 2.45) is 22.0 Å². The van der Waals surface area contributed by atoms with Crippen molar-refractivity contribution >= 4 is 22.4 Å². The van der Waals surface area contributed by atoms with E-state index in [1.54, 1.807) is 6.07 Å². The van der Waals surface area contributed by atoms with Gasteiger partial charge in [-0.15, -0.1) is 5.11 Å². The molecule has 4 N–H and O–H groups in total. The molecule has 3 aromatic rings. The van der Waals surface area contributed by atoms with E-state index in [0.29, 0.717) is 29.2 Å². The number of hydrogen-bond acceptors (Lipinski definition) is 7. The first-order valence-electron chi connectivity index (χ1n) is 11.2. The fraction of sp³-hybridized carbons (Fsp3) is 0.375. The zero-order chi connectivity index (χ0) is 23.4. The minimum absolute atomic E-state index is 0.103. The first-order valence-corrected chi connectivity index (χ1v) is 11.2. The van der Waals surface area contributed by atoms with E-state index in [1.165, 1.54) is 5.56 Å². The van der Waals surface area contributed by atoms with Gasteiger partial charge >= 0.3 is 0 Å². The normalized spacial score (nSPS) is 15.4. The molecule has 0 spiro atoms. The van der Waals surface area contributed by atoms with Gasteiger partial charge in [0.25, 0.3) is 5.56 Å². The highest BCUT2D eigenvalue weighted by Gasteiger charge is 2.22. The van der Waals surface area contributed by atoms with E-state index in [9.17, 15) is 4.79 Å². The summed E-state index contributed by atoms with van der Waals surface area (Å²) in [5.74, 6) is 6.95. The Morgan fingerprint density at radius 2 is 1.94 bits per heavy atom. The summed E-state index contributed by atoms with van der Waals surface area (Å²) in [5.41, 5.74) is 11.1. The topological polar surface area (TPSA) is 127 Å². The molecule has 0 aliphatic carbocycles. The summed E-state index contributed by atoms with van der Waals surface area (Å²) in [7, 11) is 0. The number of rotatable bonds is 6. The minimum atomic E-state index is -0.103. The van der Waals surface area contributed by atoms with Crippen LogP contribution in [-0.4, -0.2) is 46.9 Å². The molecule has 0 bridgehead atoms. The molecule has 0 unspecified atom stereocenters. The number of H-pyrrole nitrogens is 1. The summed E-state index contributed by atoms with van der Waals surface area (Å²) >= 11 is 0. The largest absolute Gasteiger partial charge is 0.368 e. The van der Waals surface area contributed by atoms with Gasteiger partial charge in [-0.1, -0.05) is 32.0 Å². The number of amidine groups is 1. The molecule has 33 heavy (non-hydrogen) atoms. The van der Waals surface area contributed by atoms with E-state index in [2.05, 4.69) is 56.0 Å². The predicted octanol–water partition coefficient (Wildman–Crippen LogP) is 3.10. The smallest absolute Gasteiger partial charge is 0.258 e. The number of aromatic nitrogens is 2. The SMILES string of the molecule is CC(C)Cc1ccc(C(N=N)=NN)c(N2CCN(Cc3nc4ccccc4c(=O)[nH]3)CC2)c1. The van der Waals surface area contributed by atoms with Gasteiger partial charge in [-0.2, -0.15) is 5.10 Å². The van der Waals surface area contributed by atoms with Crippen molar-refractivity contribution in [3.63, 3.8) is 0 Å². The fourth-order valence-corrected chi connectivity index (χ4v) is 4.35. The van der Waals surface area contributed by atoms with Crippen molar-refractivity contribution < 1.29 is 0 Å². The Kier molecular flexibility index (Phi) is 6.79. The molecule has 4 rings (SSSR count). The maximum atomic E-state index is 12.4. The Morgan fingerprint density at radius 1 is 1.18 bits per heavy atom. The van der Waals surface area contributed by atoms with Gasteiger partial charge in [0.1, 0.15) is 5.82 Å². The van der Waals surface area contributed by atoms with Crippen molar-refractivity contribution in [3.8, 4) is 0 Å². The molecule has 9 nitrogen and oxygen atoms in total. The number of benzene rings is 2. The number of anilines is 1. The first-order chi connectivity index (χ1) is 16.0.